The summed E-state index contributed by atoms with van der Waals surface area (Å²) in [6.45, 7) is 3.79. The van der Waals surface area contributed by atoms with Crippen LogP contribution >= 0.6 is 22.7 Å². The normalized spacial score (nSPS) is 13.4. The van der Waals surface area contributed by atoms with Crippen LogP contribution in [0.2, 0.25) is 0 Å². The molecule has 2 aromatic heterocycles. The zero-order chi connectivity index (χ0) is 15.9. The van der Waals surface area contributed by atoms with E-state index in [2.05, 4.69) is 70.5 Å². The minimum Gasteiger partial charge on any atom is -0.354 e. The Bertz CT molecular complexity index is 587. The first-order valence-electron chi connectivity index (χ1n) is 7.29. The Balaban J connectivity index is 1.89. The summed E-state index contributed by atoms with van der Waals surface area (Å²) in [4.78, 5) is 9.26. The molecule has 0 saturated heterocycles. The van der Waals surface area contributed by atoms with Gasteiger partial charge in [0.25, 0.3) is 0 Å². The van der Waals surface area contributed by atoms with E-state index in [1.165, 1.54) is 15.3 Å². The van der Waals surface area contributed by atoms with E-state index in [4.69, 9.17) is 0 Å². The van der Waals surface area contributed by atoms with E-state index in [1.807, 2.05) is 7.05 Å². The minimum atomic E-state index is 0.349. The number of nitrogens with zero attached hydrogens (tertiary/aromatic N) is 2. The van der Waals surface area contributed by atoms with Crippen LogP contribution in [0.5, 0.6) is 0 Å². The van der Waals surface area contributed by atoms with E-state index in [0.717, 1.165) is 19.0 Å². The van der Waals surface area contributed by atoms with Gasteiger partial charge in [0.2, 0.25) is 0 Å². The third-order valence-corrected chi connectivity index (χ3v) is 5.56. The lowest BCUT2D eigenvalue weighted by molar-refractivity contribution is 0.302. The summed E-state index contributed by atoms with van der Waals surface area (Å²) < 4.78 is 0. The van der Waals surface area contributed by atoms with Crippen LogP contribution in [0, 0.1) is 6.92 Å². The van der Waals surface area contributed by atoms with E-state index in [-0.39, 0.29) is 0 Å². The summed E-state index contributed by atoms with van der Waals surface area (Å²) >= 11 is 3.57. The van der Waals surface area contributed by atoms with E-state index in [0.29, 0.717) is 6.04 Å². The molecule has 2 rings (SSSR count). The van der Waals surface area contributed by atoms with Gasteiger partial charge in [0.15, 0.2) is 5.96 Å². The predicted octanol–water partition coefficient (Wildman–Crippen LogP) is 3.09. The molecule has 120 valence electrons. The molecule has 0 spiro atoms. The second-order valence-corrected chi connectivity index (χ2v) is 7.31. The summed E-state index contributed by atoms with van der Waals surface area (Å²) in [5.74, 6) is 0.844. The third kappa shape index (κ3) is 4.56. The topological polar surface area (TPSA) is 39.7 Å². The number of aryl methyl sites for hydroxylation is 1. The van der Waals surface area contributed by atoms with E-state index >= 15 is 0 Å². The quantitative estimate of drug-likeness (QED) is 0.629. The molecule has 0 aromatic carbocycles. The summed E-state index contributed by atoms with van der Waals surface area (Å²) in [5.41, 5.74) is 1.33. The summed E-state index contributed by atoms with van der Waals surface area (Å²) in [7, 11) is 6.03. The predicted molar refractivity (Wildman–Crippen MR) is 98.0 cm³/mol. The maximum Gasteiger partial charge on any atom is 0.191 e. The molecular formula is C16H24N4S2. The Morgan fingerprint density at radius 1 is 1.23 bits per heavy atom. The number of aliphatic imine (C=N–C) groups is 1. The van der Waals surface area contributed by atoms with Crippen molar-refractivity contribution in [3.63, 3.8) is 0 Å². The van der Waals surface area contributed by atoms with Gasteiger partial charge in [0.05, 0.1) is 12.6 Å². The number of guanidine groups is 1. The first kappa shape index (κ1) is 17.0. The van der Waals surface area contributed by atoms with Crippen LogP contribution in [-0.2, 0) is 6.54 Å². The molecule has 0 radical (unpaired) electrons. The molecule has 0 aliphatic heterocycles. The molecule has 2 N–H and O–H groups in total. The zero-order valence-corrected chi connectivity index (χ0v) is 15.2. The number of nitrogens with one attached hydrogen (secondary N) is 2. The van der Waals surface area contributed by atoms with E-state index in [9.17, 15) is 0 Å². The number of rotatable bonds is 6. The molecule has 22 heavy (non-hydrogen) atoms. The van der Waals surface area contributed by atoms with Crippen molar-refractivity contribution < 1.29 is 0 Å². The number of likely N-dealkylation sites (N-methyl/N-ethyl adjacent to an activating group) is 1. The van der Waals surface area contributed by atoms with Gasteiger partial charge in [0.1, 0.15) is 0 Å². The van der Waals surface area contributed by atoms with Gasteiger partial charge in [-0.1, -0.05) is 6.07 Å². The van der Waals surface area contributed by atoms with Crippen LogP contribution in [0.3, 0.4) is 0 Å². The van der Waals surface area contributed by atoms with Gasteiger partial charge >= 0.3 is 0 Å². The van der Waals surface area contributed by atoms with Crippen molar-refractivity contribution >= 4 is 28.6 Å². The second kappa shape index (κ2) is 8.31. The number of hydrogen-bond acceptors (Lipinski definition) is 4. The van der Waals surface area contributed by atoms with Crippen LogP contribution in [-0.4, -0.2) is 38.5 Å². The number of thiophene rings is 2. The molecule has 0 aliphatic rings. The Kier molecular flexibility index (Phi) is 6.42. The molecule has 2 heterocycles. The fraction of sp³-hybridized carbons (Fsp3) is 0.438. The molecule has 0 fully saturated rings. The van der Waals surface area contributed by atoms with Gasteiger partial charge in [-0.25, -0.2) is 0 Å². The van der Waals surface area contributed by atoms with Gasteiger partial charge in [0, 0.05) is 23.3 Å². The van der Waals surface area contributed by atoms with Crippen molar-refractivity contribution in [3.05, 3.63) is 44.3 Å². The lowest BCUT2D eigenvalue weighted by Gasteiger charge is -2.24. The van der Waals surface area contributed by atoms with Crippen molar-refractivity contribution in [2.24, 2.45) is 4.99 Å². The van der Waals surface area contributed by atoms with Crippen LogP contribution in [0.1, 0.15) is 21.4 Å². The fourth-order valence-electron chi connectivity index (χ4n) is 2.18. The standard InChI is InChI=1S/C16H24N4S2/c1-12-7-9-22-15(12)11-19-16(17-2)18-10-13(20(3)4)14-6-5-8-21-14/h5-9,13H,10-11H2,1-4H3,(H2,17,18,19). The first-order valence-corrected chi connectivity index (χ1v) is 9.05. The van der Waals surface area contributed by atoms with E-state index in [1.54, 1.807) is 22.7 Å². The molecule has 1 atom stereocenters. The Morgan fingerprint density at radius 3 is 2.59 bits per heavy atom. The van der Waals surface area contributed by atoms with Crippen molar-refractivity contribution in [3.8, 4) is 0 Å². The molecule has 0 aliphatic carbocycles. The van der Waals surface area contributed by atoms with Gasteiger partial charge in [-0.05, 0) is 49.5 Å². The van der Waals surface area contributed by atoms with Crippen molar-refractivity contribution in [2.45, 2.75) is 19.5 Å². The smallest absolute Gasteiger partial charge is 0.191 e. The maximum atomic E-state index is 4.31. The third-order valence-electron chi connectivity index (χ3n) is 3.57. The highest BCUT2D eigenvalue weighted by atomic mass is 32.1. The molecule has 6 heteroatoms. The molecular weight excluding hydrogens is 312 g/mol. The van der Waals surface area contributed by atoms with Crippen molar-refractivity contribution in [1.82, 2.24) is 15.5 Å². The molecule has 0 amide bonds. The van der Waals surface area contributed by atoms with Crippen molar-refractivity contribution in [1.29, 1.82) is 0 Å². The Labute approximate surface area is 140 Å². The average Bonchev–Trinajstić information content (AvgIpc) is 3.14. The lowest BCUT2D eigenvalue weighted by atomic mass is 10.2. The lowest BCUT2D eigenvalue weighted by Crippen LogP contribution is -2.41. The van der Waals surface area contributed by atoms with Gasteiger partial charge in [-0.3, -0.25) is 4.99 Å². The molecule has 0 saturated carbocycles. The second-order valence-electron chi connectivity index (χ2n) is 5.33. The monoisotopic (exact) mass is 336 g/mol. The highest BCUT2D eigenvalue weighted by Crippen LogP contribution is 2.22. The van der Waals surface area contributed by atoms with Crippen molar-refractivity contribution in [2.75, 3.05) is 27.7 Å². The SMILES string of the molecule is CN=C(NCc1sccc1C)NCC(c1cccs1)N(C)C. The van der Waals surface area contributed by atoms with Crippen LogP contribution in [0.15, 0.2) is 34.0 Å². The Morgan fingerprint density at radius 2 is 2.05 bits per heavy atom. The summed E-state index contributed by atoms with van der Waals surface area (Å²) in [6, 6.07) is 6.78. The Hall–Kier alpha value is -1.37. The average molecular weight is 337 g/mol. The minimum absolute atomic E-state index is 0.349. The molecule has 0 bridgehead atoms. The largest absolute Gasteiger partial charge is 0.354 e. The molecule has 4 nitrogen and oxygen atoms in total. The highest BCUT2D eigenvalue weighted by Gasteiger charge is 2.15. The summed E-state index contributed by atoms with van der Waals surface area (Å²) in [6.07, 6.45) is 0. The first-order chi connectivity index (χ1) is 10.6. The van der Waals surface area contributed by atoms with Crippen LogP contribution in [0.4, 0.5) is 0 Å². The number of hydrogen-bond donors (Lipinski definition) is 2. The van der Waals surface area contributed by atoms with Gasteiger partial charge < -0.3 is 15.5 Å². The van der Waals surface area contributed by atoms with Gasteiger partial charge in [-0.2, -0.15) is 0 Å². The van der Waals surface area contributed by atoms with Gasteiger partial charge in [-0.15, -0.1) is 22.7 Å². The van der Waals surface area contributed by atoms with Crippen LogP contribution in [0.25, 0.3) is 0 Å². The maximum absolute atomic E-state index is 4.31. The zero-order valence-electron chi connectivity index (χ0n) is 13.6. The van der Waals surface area contributed by atoms with E-state index < -0.39 is 0 Å². The fourth-order valence-corrected chi connectivity index (χ4v) is 3.95. The summed E-state index contributed by atoms with van der Waals surface area (Å²) in [5, 5.41) is 11.1. The molecule has 1 unspecified atom stereocenters. The molecule has 2 aromatic rings. The highest BCUT2D eigenvalue weighted by molar-refractivity contribution is 7.10. The van der Waals surface area contributed by atoms with Crippen LogP contribution < -0.4 is 10.6 Å².